The number of nitrogens with two attached hydrogens (primary N) is 1. The third kappa shape index (κ3) is 2.17. The quantitative estimate of drug-likeness (QED) is 0.791. The lowest BCUT2D eigenvalue weighted by molar-refractivity contribution is 0.922. The molecule has 0 aliphatic carbocycles. The Bertz CT molecular complexity index is 463. The van der Waals surface area contributed by atoms with Crippen LogP contribution in [0.4, 0.5) is 0 Å². The number of hydrogen-bond acceptors (Lipinski definition) is 2. The summed E-state index contributed by atoms with van der Waals surface area (Å²) in [6, 6.07) is 9.79. The molecular weight excluding hydrogens is 208 g/mol. The minimum atomic E-state index is -0.122. The number of nitrogens with zero attached hydrogens (tertiary/aromatic N) is 1. The van der Waals surface area contributed by atoms with Gasteiger partial charge in [-0.3, -0.25) is 4.98 Å². The van der Waals surface area contributed by atoms with Gasteiger partial charge in [-0.25, -0.2) is 0 Å². The molecule has 2 N–H and O–H groups in total. The molecule has 0 aliphatic heterocycles. The molecule has 0 saturated heterocycles. The van der Waals surface area contributed by atoms with E-state index in [1.807, 2.05) is 30.3 Å². The largest absolute Gasteiger partial charge is 0.321 e. The van der Waals surface area contributed by atoms with Gasteiger partial charge in [0.1, 0.15) is 0 Å². The van der Waals surface area contributed by atoms with Crippen LogP contribution in [-0.4, -0.2) is 4.98 Å². The highest BCUT2D eigenvalue weighted by Crippen LogP contribution is 2.21. The monoisotopic (exact) mass is 220 g/mol. The Balaban J connectivity index is 0.00000112. The number of para-hydroxylation sites is 1. The van der Waals surface area contributed by atoms with E-state index in [0.717, 1.165) is 16.5 Å². The summed E-state index contributed by atoms with van der Waals surface area (Å²) in [4.78, 5) is 4.27. The number of aromatic nitrogens is 1. The summed E-state index contributed by atoms with van der Waals surface area (Å²) >= 11 is 0. The van der Waals surface area contributed by atoms with Crippen LogP contribution in [0.15, 0.2) is 49.2 Å². The maximum atomic E-state index is 5.91. The second-order valence-electron chi connectivity index (χ2n) is 3.18. The molecule has 0 saturated carbocycles. The molecule has 1 aromatic carbocycles. The molecule has 0 spiro atoms. The average Bonchev–Trinajstić information content (AvgIpc) is 2.27. The van der Waals surface area contributed by atoms with Crippen molar-refractivity contribution in [3.05, 3.63) is 54.7 Å². The SMILES string of the molecule is C=C[C@@H](N)c1ccnc2ccccc12.Cl. The maximum Gasteiger partial charge on any atom is 0.0705 e. The first-order valence-corrected chi connectivity index (χ1v) is 4.54. The van der Waals surface area contributed by atoms with Gasteiger partial charge in [-0.15, -0.1) is 19.0 Å². The Morgan fingerprint density at radius 1 is 1.27 bits per heavy atom. The lowest BCUT2D eigenvalue weighted by atomic mass is 10.0. The molecule has 3 heteroatoms. The molecule has 0 bridgehead atoms. The summed E-state index contributed by atoms with van der Waals surface area (Å²) in [5, 5.41) is 1.10. The van der Waals surface area contributed by atoms with Crippen LogP contribution in [0.5, 0.6) is 0 Å². The third-order valence-corrected chi connectivity index (χ3v) is 2.30. The highest BCUT2D eigenvalue weighted by molar-refractivity contribution is 5.85. The second-order valence-corrected chi connectivity index (χ2v) is 3.18. The summed E-state index contributed by atoms with van der Waals surface area (Å²) in [6.07, 6.45) is 3.52. The molecule has 2 aromatic rings. The molecule has 1 aromatic heterocycles. The van der Waals surface area contributed by atoms with Crippen LogP contribution in [0, 0.1) is 0 Å². The Hall–Kier alpha value is -1.38. The molecule has 78 valence electrons. The van der Waals surface area contributed by atoms with E-state index in [4.69, 9.17) is 5.73 Å². The molecule has 0 fully saturated rings. The fourth-order valence-corrected chi connectivity index (χ4v) is 1.54. The predicted octanol–water partition coefficient (Wildman–Crippen LogP) is 2.84. The Morgan fingerprint density at radius 3 is 2.73 bits per heavy atom. The molecule has 2 nitrogen and oxygen atoms in total. The van der Waals surface area contributed by atoms with Crippen LogP contribution < -0.4 is 5.73 Å². The number of pyridine rings is 1. The van der Waals surface area contributed by atoms with Crippen LogP contribution in [0.3, 0.4) is 0 Å². The van der Waals surface area contributed by atoms with Crippen molar-refractivity contribution in [3.8, 4) is 0 Å². The Labute approximate surface area is 95.2 Å². The van der Waals surface area contributed by atoms with Gasteiger partial charge in [0.25, 0.3) is 0 Å². The van der Waals surface area contributed by atoms with Crippen molar-refractivity contribution in [2.24, 2.45) is 5.73 Å². The van der Waals surface area contributed by atoms with E-state index in [0.29, 0.717) is 0 Å². The van der Waals surface area contributed by atoms with Gasteiger partial charge >= 0.3 is 0 Å². The molecule has 0 aliphatic rings. The summed E-state index contributed by atoms with van der Waals surface area (Å²) in [5.41, 5.74) is 7.96. The minimum absolute atomic E-state index is 0. The van der Waals surface area contributed by atoms with Gasteiger partial charge in [0.2, 0.25) is 0 Å². The van der Waals surface area contributed by atoms with E-state index in [2.05, 4.69) is 11.6 Å². The number of fused-ring (bicyclic) bond motifs is 1. The van der Waals surface area contributed by atoms with Gasteiger partial charge < -0.3 is 5.73 Å². The molecular formula is C12H13ClN2. The average molecular weight is 221 g/mol. The fraction of sp³-hybridized carbons (Fsp3) is 0.0833. The molecule has 0 radical (unpaired) electrons. The van der Waals surface area contributed by atoms with E-state index in [-0.39, 0.29) is 18.4 Å². The molecule has 1 atom stereocenters. The lowest BCUT2D eigenvalue weighted by Crippen LogP contribution is -2.07. The molecule has 15 heavy (non-hydrogen) atoms. The van der Waals surface area contributed by atoms with Crippen LogP contribution >= 0.6 is 12.4 Å². The highest BCUT2D eigenvalue weighted by Gasteiger charge is 2.05. The zero-order chi connectivity index (χ0) is 9.97. The van der Waals surface area contributed by atoms with Crippen molar-refractivity contribution < 1.29 is 0 Å². The van der Waals surface area contributed by atoms with Gasteiger partial charge in [0, 0.05) is 17.6 Å². The number of hydrogen-bond donors (Lipinski definition) is 1. The van der Waals surface area contributed by atoms with E-state index in [1.54, 1.807) is 12.3 Å². The van der Waals surface area contributed by atoms with Crippen molar-refractivity contribution in [1.29, 1.82) is 0 Å². The van der Waals surface area contributed by atoms with Crippen molar-refractivity contribution in [3.63, 3.8) is 0 Å². The van der Waals surface area contributed by atoms with E-state index in [9.17, 15) is 0 Å². The van der Waals surface area contributed by atoms with Crippen LogP contribution in [0.2, 0.25) is 0 Å². The van der Waals surface area contributed by atoms with Crippen molar-refractivity contribution in [1.82, 2.24) is 4.98 Å². The predicted molar refractivity (Wildman–Crippen MR) is 66.1 cm³/mol. The van der Waals surface area contributed by atoms with E-state index >= 15 is 0 Å². The Kier molecular flexibility index (Phi) is 3.83. The second kappa shape index (κ2) is 4.91. The van der Waals surface area contributed by atoms with E-state index < -0.39 is 0 Å². The zero-order valence-electron chi connectivity index (χ0n) is 8.26. The van der Waals surface area contributed by atoms with Gasteiger partial charge in [-0.1, -0.05) is 24.3 Å². The normalized spacial score (nSPS) is 11.8. The minimum Gasteiger partial charge on any atom is -0.321 e. The number of halogens is 1. The summed E-state index contributed by atoms with van der Waals surface area (Å²) in [5.74, 6) is 0. The first-order chi connectivity index (χ1) is 6.83. The van der Waals surface area contributed by atoms with Crippen LogP contribution in [-0.2, 0) is 0 Å². The van der Waals surface area contributed by atoms with Crippen molar-refractivity contribution in [2.75, 3.05) is 0 Å². The smallest absolute Gasteiger partial charge is 0.0705 e. The molecule has 0 amide bonds. The van der Waals surface area contributed by atoms with E-state index in [1.165, 1.54) is 0 Å². The number of rotatable bonds is 2. The summed E-state index contributed by atoms with van der Waals surface area (Å²) < 4.78 is 0. The van der Waals surface area contributed by atoms with Gasteiger partial charge in [-0.05, 0) is 17.7 Å². The van der Waals surface area contributed by atoms with Gasteiger partial charge in [0.05, 0.1) is 5.52 Å². The lowest BCUT2D eigenvalue weighted by Gasteiger charge is -2.09. The molecule has 1 heterocycles. The third-order valence-electron chi connectivity index (χ3n) is 2.30. The van der Waals surface area contributed by atoms with Gasteiger partial charge in [-0.2, -0.15) is 0 Å². The number of benzene rings is 1. The molecule has 2 rings (SSSR count). The van der Waals surface area contributed by atoms with Crippen molar-refractivity contribution >= 4 is 23.3 Å². The first kappa shape index (κ1) is 11.7. The fourth-order valence-electron chi connectivity index (χ4n) is 1.54. The topological polar surface area (TPSA) is 38.9 Å². The standard InChI is InChI=1S/C12H12N2.ClH/c1-2-11(13)9-7-8-14-12-6-4-3-5-10(9)12;/h2-8,11H,1,13H2;1H/t11-;/m1./s1. The van der Waals surface area contributed by atoms with Crippen LogP contribution in [0.25, 0.3) is 10.9 Å². The highest BCUT2D eigenvalue weighted by atomic mass is 35.5. The van der Waals surface area contributed by atoms with Gasteiger partial charge in [0.15, 0.2) is 0 Å². The van der Waals surface area contributed by atoms with Crippen molar-refractivity contribution in [2.45, 2.75) is 6.04 Å². The summed E-state index contributed by atoms with van der Waals surface area (Å²) in [6.45, 7) is 3.70. The van der Waals surface area contributed by atoms with Crippen LogP contribution in [0.1, 0.15) is 11.6 Å². The zero-order valence-corrected chi connectivity index (χ0v) is 9.08. The molecule has 0 unspecified atom stereocenters. The maximum absolute atomic E-state index is 5.91. The Morgan fingerprint density at radius 2 is 2.00 bits per heavy atom. The summed E-state index contributed by atoms with van der Waals surface area (Å²) in [7, 11) is 0. The first-order valence-electron chi connectivity index (χ1n) is 4.54.